The van der Waals surface area contributed by atoms with Crippen molar-refractivity contribution >= 4 is 29.9 Å². The minimum Gasteiger partial charge on any atom is -0.370 e. The molecular weight excluding hydrogens is 387 g/mol. The van der Waals surface area contributed by atoms with E-state index in [1.807, 2.05) is 6.07 Å². The number of rotatable bonds is 8. The Morgan fingerprint density at radius 3 is 2.50 bits per heavy atom. The quantitative estimate of drug-likeness (QED) is 0.262. The van der Waals surface area contributed by atoms with Gasteiger partial charge in [-0.3, -0.25) is 4.99 Å². The summed E-state index contributed by atoms with van der Waals surface area (Å²) in [6.07, 6.45) is 2.27. The van der Waals surface area contributed by atoms with E-state index in [-0.39, 0.29) is 35.6 Å². The van der Waals surface area contributed by atoms with E-state index < -0.39 is 0 Å². The van der Waals surface area contributed by atoms with Crippen LogP contribution in [-0.2, 0) is 0 Å². The van der Waals surface area contributed by atoms with Crippen LogP contribution in [0.3, 0.4) is 0 Å². The summed E-state index contributed by atoms with van der Waals surface area (Å²) in [7, 11) is 0. The lowest BCUT2D eigenvalue weighted by Gasteiger charge is -2.29. The van der Waals surface area contributed by atoms with Gasteiger partial charge in [0.2, 0.25) is 0 Å². The molecule has 126 valence electrons. The van der Waals surface area contributed by atoms with Gasteiger partial charge in [-0.1, -0.05) is 43.7 Å². The molecule has 1 rings (SSSR count). The summed E-state index contributed by atoms with van der Waals surface area (Å²) in [5, 5.41) is 6.75. The third-order valence-corrected chi connectivity index (χ3v) is 3.39. The highest BCUT2D eigenvalue weighted by atomic mass is 127. The van der Waals surface area contributed by atoms with Gasteiger partial charge in [0.1, 0.15) is 0 Å². The second-order valence-corrected chi connectivity index (χ2v) is 6.14. The maximum atomic E-state index is 5.87. The summed E-state index contributed by atoms with van der Waals surface area (Å²) >= 11 is 0. The van der Waals surface area contributed by atoms with Crippen LogP contribution in [-0.4, -0.2) is 24.6 Å². The average Bonchev–Trinajstić information content (AvgIpc) is 2.46. The zero-order valence-corrected chi connectivity index (χ0v) is 16.6. The van der Waals surface area contributed by atoms with Crippen LogP contribution >= 0.6 is 24.0 Å². The van der Waals surface area contributed by atoms with Crippen molar-refractivity contribution in [2.75, 3.05) is 13.1 Å². The first kappa shape index (κ1) is 21.2. The highest BCUT2D eigenvalue weighted by Gasteiger charge is 2.20. The smallest absolute Gasteiger partial charge is 0.188 e. The first-order valence-corrected chi connectivity index (χ1v) is 7.81. The average molecular weight is 418 g/mol. The first-order chi connectivity index (χ1) is 9.94. The maximum absolute atomic E-state index is 5.87. The van der Waals surface area contributed by atoms with Crippen molar-refractivity contribution in [1.82, 2.24) is 10.6 Å². The summed E-state index contributed by atoms with van der Waals surface area (Å²) in [5.41, 5.74) is 7.05. The Bertz CT molecular complexity index is 432. The topological polar surface area (TPSA) is 62.4 Å². The first-order valence-electron chi connectivity index (χ1n) is 7.81. The molecule has 0 radical (unpaired) electrons. The fraction of sp³-hybridized carbons (Fsp3) is 0.588. The molecule has 0 saturated heterocycles. The van der Waals surface area contributed by atoms with Crippen LogP contribution in [0.5, 0.6) is 0 Å². The van der Waals surface area contributed by atoms with E-state index in [9.17, 15) is 0 Å². The molecular formula is C17H31IN4. The number of nitrogens with one attached hydrogen (secondary N) is 2. The number of hydrogen-bond acceptors (Lipinski definition) is 2. The number of unbranched alkanes of at least 4 members (excludes halogenated alkanes) is 1. The van der Waals surface area contributed by atoms with Crippen LogP contribution in [0.25, 0.3) is 0 Å². The highest BCUT2D eigenvalue weighted by molar-refractivity contribution is 14.0. The molecule has 0 heterocycles. The van der Waals surface area contributed by atoms with E-state index in [2.05, 4.69) is 67.6 Å². The Labute approximate surface area is 152 Å². The van der Waals surface area contributed by atoms with Crippen LogP contribution in [0.1, 0.15) is 52.1 Å². The fourth-order valence-corrected chi connectivity index (χ4v) is 2.19. The largest absolute Gasteiger partial charge is 0.370 e. The Kier molecular flexibility index (Phi) is 10.4. The van der Waals surface area contributed by atoms with E-state index in [1.165, 1.54) is 5.56 Å². The van der Waals surface area contributed by atoms with Gasteiger partial charge < -0.3 is 16.4 Å². The van der Waals surface area contributed by atoms with Crippen LogP contribution in [0, 0.1) is 0 Å². The molecule has 0 aromatic heterocycles. The molecule has 0 fully saturated rings. The molecule has 0 aliphatic rings. The predicted octanol–water partition coefficient (Wildman–Crippen LogP) is 3.44. The molecule has 1 unspecified atom stereocenters. The highest BCUT2D eigenvalue weighted by Crippen LogP contribution is 2.16. The molecule has 0 spiro atoms. The molecule has 1 aromatic rings. The molecule has 4 N–H and O–H groups in total. The fourth-order valence-electron chi connectivity index (χ4n) is 2.19. The summed E-state index contributed by atoms with van der Waals surface area (Å²) < 4.78 is 0. The van der Waals surface area contributed by atoms with Crippen molar-refractivity contribution in [2.45, 2.75) is 52.1 Å². The van der Waals surface area contributed by atoms with Gasteiger partial charge in [-0.25, -0.2) is 0 Å². The number of halogens is 1. The van der Waals surface area contributed by atoms with Crippen molar-refractivity contribution in [3.63, 3.8) is 0 Å². The van der Waals surface area contributed by atoms with Crippen molar-refractivity contribution in [2.24, 2.45) is 10.7 Å². The van der Waals surface area contributed by atoms with Crippen molar-refractivity contribution in [1.29, 1.82) is 0 Å². The van der Waals surface area contributed by atoms with E-state index in [4.69, 9.17) is 5.73 Å². The maximum Gasteiger partial charge on any atom is 0.188 e. The second-order valence-electron chi connectivity index (χ2n) is 6.14. The number of benzene rings is 1. The Hall–Kier alpha value is -0.820. The summed E-state index contributed by atoms with van der Waals surface area (Å²) in [6.45, 7) is 10.2. The molecule has 22 heavy (non-hydrogen) atoms. The van der Waals surface area contributed by atoms with E-state index in [0.29, 0.717) is 12.5 Å². The number of guanidine groups is 1. The molecule has 5 heteroatoms. The van der Waals surface area contributed by atoms with Crippen molar-refractivity contribution in [3.8, 4) is 0 Å². The summed E-state index contributed by atoms with van der Waals surface area (Å²) in [6, 6.07) is 10.7. The van der Waals surface area contributed by atoms with Crippen molar-refractivity contribution < 1.29 is 0 Å². The van der Waals surface area contributed by atoms with Crippen LogP contribution < -0.4 is 16.4 Å². The van der Waals surface area contributed by atoms with E-state index in [0.717, 1.165) is 19.4 Å². The van der Waals surface area contributed by atoms with Crippen LogP contribution in [0.15, 0.2) is 35.3 Å². The molecule has 4 nitrogen and oxygen atoms in total. The van der Waals surface area contributed by atoms with Gasteiger partial charge in [0, 0.05) is 18.1 Å². The van der Waals surface area contributed by atoms with E-state index >= 15 is 0 Å². The molecule has 0 aliphatic carbocycles. The van der Waals surface area contributed by atoms with Gasteiger partial charge >= 0.3 is 0 Å². The van der Waals surface area contributed by atoms with Gasteiger partial charge in [-0.15, -0.1) is 24.0 Å². The number of hydrogen-bond donors (Lipinski definition) is 3. The second kappa shape index (κ2) is 10.8. The third-order valence-electron chi connectivity index (χ3n) is 3.39. The van der Waals surface area contributed by atoms with Gasteiger partial charge in [0.15, 0.2) is 5.96 Å². The molecule has 0 amide bonds. The normalized spacial score (nSPS) is 13.4. The monoisotopic (exact) mass is 418 g/mol. The standard InChI is InChI=1S/C17H30N4.HI/c1-5-6-12-19-16(18)20-13-17(3,4)21-14(2)15-10-8-7-9-11-15;/h7-11,14,21H,5-6,12-13H2,1-4H3,(H3,18,19,20);1H. The SMILES string of the molecule is CCCCNC(N)=NCC(C)(C)NC(C)c1ccccc1.I. The zero-order chi connectivity index (χ0) is 15.7. The predicted molar refractivity (Wildman–Crippen MR) is 107 cm³/mol. The number of nitrogens with zero attached hydrogens (tertiary/aromatic N) is 1. The van der Waals surface area contributed by atoms with E-state index in [1.54, 1.807) is 0 Å². The minimum atomic E-state index is -0.105. The molecule has 0 aliphatic heterocycles. The molecule has 1 atom stereocenters. The van der Waals surface area contributed by atoms with Gasteiger partial charge in [0.25, 0.3) is 0 Å². The number of nitrogens with two attached hydrogens (primary N) is 1. The van der Waals surface area contributed by atoms with Gasteiger partial charge in [-0.05, 0) is 32.8 Å². The number of aliphatic imine (C=N–C) groups is 1. The van der Waals surface area contributed by atoms with Gasteiger partial charge in [-0.2, -0.15) is 0 Å². The summed E-state index contributed by atoms with van der Waals surface area (Å²) in [5.74, 6) is 0.533. The van der Waals surface area contributed by atoms with Gasteiger partial charge in [0.05, 0.1) is 6.54 Å². The molecule has 0 bridgehead atoms. The molecule has 1 aromatic carbocycles. The Morgan fingerprint density at radius 2 is 1.91 bits per heavy atom. The Morgan fingerprint density at radius 1 is 1.27 bits per heavy atom. The zero-order valence-electron chi connectivity index (χ0n) is 14.2. The lowest BCUT2D eigenvalue weighted by molar-refractivity contribution is 0.357. The third kappa shape index (κ3) is 8.58. The Balaban J connectivity index is 0.00000441. The van der Waals surface area contributed by atoms with Crippen LogP contribution in [0.4, 0.5) is 0 Å². The summed E-state index contributed by atoms with van der Waals surface area (Å²) in [4.78, 5) is 4.44. The minimum absolute atomic E-state index is 0. The van der Waals surface area contributed by atoms with Crippen LogP contribution in [0.2, 0.25) is 0 Å². The lowest BCUT2D eigenvalue weighted by Crippen LogP contribution is -2.44. The lowest BCUT2D eigenvalue weighted by atomic mass is 10.0. The van der Waals surface area contributed by atoms with Crippen molar-refractivity contribution in [3.05, 3.63) is 35.9 Å². The molecule has 0 saturated carbocycles.